The molecule has 0 atom stereocenters. The minimum Gasteiger partial charge on any atom is -0.456 e. The summed E-state index contributed by atoms with van der Waals surface area (Å²) in [5, 5.41) is 7.43. The molecule has 43 heavy (non-hydrogen) atoms. The number of hydrogen-bond acceptors (Lipinski definition) is 3. The minimum absolute atomic E-state index is 0.886. The van der Waals surface area contributed by atoms with Gasteiger partial charge in [0.25, 0.3) is 0 Å². The van der Waals surface area contributed by atoms with Gasteiger partial charge in [0.05, 0.1) is 0 Å². The molecular formula is C40H25NOS. The monoisotopic (exact) mass is 567 g/mol. The van der Waals surface area contributed by atoms with Crippen LogP contribution in [0.4, 0.5) is 17.1 Å². The molecule has 2 aromatic heterocycles. The van der Waals surface area contributed by atoms with Crippen LogP contribution in [0.3, 0.4) is 0 Å². The predicted octanol–water partition coefficient (Wildman–Crippen LogP) is 12.2. The molecule has 0 unspecified atom stereocenters. The molecule has 0 spiro atoms. The lowest BCUT2D eigenvalue weighted by molar-refractivity contribution is 0.669. The van der Waals surface area contributed by atoms with Crippen molar-refractivity contribution < 1.29 is 4.42 Å². The van der Waals surface area contributed by atoms with Crippen LogP contribution >= 0.6 is 11.3 Å². The maximum absolute atomic E-state index is 6.34. The molecule has 9 aromatic rings. The molecule has 2 heterocycles. The molecule has 7 aromatic carbocycles. The van der Waals surface area contributed by atoms with E-state index in [4.69, 9.17) is 4.42 Å². The average Bonchev–Trinajstić information content (AvgIpc) is 3.63. The standard InChI is InChI=1S/C40H25NOS/c1-2-9-26(10-3-1)28-12-8-13-29(23-28)41(31-18-21-34-33-15-6-7-16-37(33)42-38(34)25-31)30-19-22-39-36(24-30)35-20-17-27-11-4-5-14-32(27)40(35)43-39/h1-25H. The lowest BCUT2D eigenvalue weighted by Crippen LogP contribution is -2.09. The van der Waals surface area contributed by atoms with E-state index in [1.807, 2.05) is 23.5 Å². The second-order valence-corrected chi connectivity index (χ2v) is 12.0. The fraction of sp³-hybridized carbons (Fsp3) is 0. The maximum Gasteiger partial charge on any atom is 0.137 e. The molecule has 0 N–H and O–H groups in total. The third kappa shape index (κ3) is 3.93. The summed E-state index contributed by atoms with van der Waals surface area (Å²) in [6.45, 7) is 0. The highest BCUT2D eigenvalue weighted by atomic mass is 32.1. The second kappa shape index (κ2) is 9.59. The first kappa shape index (κ1) is 24.2. The molecular weight excluding hydrogens is 543 g/mol. The number of benzene rings is 7. The van der Waals surface area contributed by atoms with Gasteiger partial charge in [-0.2, -0.15) is 0 Å². The molecule has 202 valence electrons. The Hall–Kier alpha value is -5.38. The van der Waals surface area contributed by atoms with Crippen molar-refractivity contribution in [3.8, 4) is 11.1 Å². The van der Waals surface area contributed by atoms with Crippen molar-refractivity contribution >= 4 is 81.3 Å². The first-order chi connectivity index (χ1) is 21.3. The minimum atomic E-state index is 0.886. The molecule has 0 fully saturated rings. The van der Waals surface area contributed by atoms with Crippen LogP contribution in [0.5, 0.6) is 0 Å². The van der Waals surface area contributed by atoms with Gasteiger partial charge < -0.3 is 9.32 Å². The first-order valence-corrected chi connectivity index (χ1v) is 15.3. The van der Waals surface area contributed by atoms with Gasteiger partial charge in [0, 0.05) is 54.1 Å². The van der Waals surface area contributed by atoms with Gasteiger partial charge >= 0.3 is 0 Å². The second-order valence-electron chi connectivity index (χ2n) is 11.0. The molecule has 0 saturated carbocycles. The van der Waals surface area contributed by atoms with E-state index < -0.39 is 0 Å². The number of hydrogen-bond donors (Lipinski definition) is 0. The van der Waals surface area contributed by atoms with E-state index in [-0.39, 0.29) is 0 Å². The zero-order chi connectivity index (χ0) is 28.3. The van der Waals surface area contributed by atoms with Crippen LogP contribution in [-0.4, -0.2) is 0 Å². The summed E-state index contributed by atoms with van der Waals surface area (Å²) in [5.41, 5.74) is 7.44. The summed E-state index contributed by atoms with van der Waals surface area (Å²) in [7, 11) is 0. The van der Waals surface area contributed by atoms with Gasteiger partial charge in [-0.05, 0) is 70.4 Å². The van der Waals surface area contributed by atoms with Crippen LogP contribution in [0.25, 0.3) is 64.0 Å². The highest BCUT2D eigenvalue weighted by molar-refractivity contribution is 7.26. The number of anilines is 3. The number of furan rings is 1. The Morgan fingerprint density at radius 3 is 2.05 bits per heavy atom. The van der Waals surface area contributed by atoms with Gasteiger partial charge in [0.2, 0.25) is 0 Å². The van der Waals surface area contributed by atoms with E-state index >= 15 is 0 Å². The van der Waals surface area contributed by atoms with Gasteiger partial charge in [0.15, 0.2) is 0 Å². The molecule has 0 aliphatic carbocycles. The Morgan fingerprint density at radius 2 is 1.12 bits per heavy atom. The third-order valence-electron chi connectivity index (χ3n) is 8.44. The van der Waals surface area contributed by atoms with Gasteiger partial charge in [0.1, 0.15) is 11.2 Å². The number of fused-ring (bicyclic) bond motifs is 8. The summed E-state index contributed by atoms with van der Waals surface area (Å²) in [6, 6.07) is 54.3. The highest BCUT2D eigenvalue weighted by Crippen LogP contribution is 2.44. The summed E-state index contributed by atoms with van der Waals surface area (Å²) in [6.07, 6.45) is 0. The number of thiophene rings is 1. The molecule has 0 aliphatic heterocycles. The van der Waals surface area contributed by atoms with E-state index in [0.29, 0.717) is 0 Å². The number of nitrogens with zero attached hydrogens (tertiary/aromatic N) is 1. The van der Waals surface area contributed by atoms with Crippen LogP contribution in [-0.2, 0) is 0 Å². The number of rotatable bonds is 4. The van der Waals surface area contributed by atoms with Gasteiger partial charge in [-0.15, -0.1) is 11.3 Å². The van der Waals surface area contributed by atoms with Gasteiger partial charge in [-0.25, -0.2) is 0 Å². The van der Waals surface area contributed by atoms with Crippen molar-refractivity contribution in [2.24, 2.45) is 0 Å². The van der Waals surface area contributed by atoms with E-state index in [2.05, 4.69) is 144 Å². The fourth-order valence-electron chi connectivity index (χ4n) is 6.39. The Morgan fingerprint density at radius 1 is 0.419 bits per heavy atom. The van der Waals surface area contributed by atoms with Gasteiger partial charge in [-0.3, -0.25) is 0 Å². The van der Waals surface area contributed by atoms with Crippen molar-refractivity contribution in [2.45, 2.75) is 0 Å². The molecule has 3 heteroatoms. The SMILES string of the molecule is c1ccc(-c2cccc(N(c3ccc4c(c3)oc3ccccc34)c3ccc4sc5c6ccccc6ccc5c4c3)c2)cc1. The Balaban J connectivity index is 1.27. The van der Waals surface area contributed by atoms with Crippen LogP contribution in [0, 0.1) is 0 Å². The van der Waals surface area contributed by atoms with Gasteiger partial charge in [-0.1, -0.05) is 97.1 Å². The van der Waals surface area contributed by atoms with Crippen LogP contribution in [0.1, 0.15) is 0 Å². The Bertz CT molecular complexity index is 2470. The summed E-state index contributed by atoms with van der Waals surface area (Å²) in [4.78, 5) is 2.35. The molecule has 0 radical (unpaired) electrons. The van der Waals surface area contributed by atoms with E-state index in [0.717, 1.165) is 39.0 Å². The van der Waals surface area contributed by atoms with Crippen molar-refractivity contribution in [1.82, 2.24) is 0 Å². The van der Waals surface area contributed by atoms with E-state index in [1.54, 1.807) is 0 Å². The molecule has 2 nitrogen and oxygen atoms in total. The van der Waals surface area contributed by atoms with Crippen LogP contribution in [0.15, 0.2) is 156 Å². The zero-order valence-corrected chi connectivity index (χ0v) is 24.0. The predicted molar refractivity (Wildman–Crippen MR) is 184 cm³/mol. The molecule has 0 amide bonds. The van der Waals surface area contributed by atoms with Crippen molar-refractivity contribution in [1.29, 1.82) is 0 Å². The van der Waals surface area contributed by atoms with Crippen molar-refractivity contribution in [2.75, 3.05) is 4.90 Å². The number of para-hydroxylation sites is 1. The van der Waals surface area contributed by atoms with Crippen LogP contribution in [0.2, 0.25) is 0 Å². The fourth-order valence-corrected chi connectivity index (χ4v) is 7.61. The summed E-state index contributed by atoms with van der Waals surface area (Å²) < 4.78 is 8.97. The van der Waals surface area contributed by atoms with Crippen molar-refractivity contribution in [3.63, 3.8) is 0 Å². The Kier molecular flexibility index (Phi) is 5.40. The molecule has 0 aliphatic rings. The first-order valence-electron chi connectivity index (χ1n) is 14.5. The topological polar surface area (TPSA) is 16.4 Å². The average molecular weight is 568 g/mol. The lowest BCUT2D eigenvalue weighted by atomic mass is 10.0. The Labute approximate surface area is 252 Å². The molecule has 0 saturated heterocycles. The van der Waals surface area contributed by atoms with Crippen LogP contribution < -0.4 is 4.90 Å². The third-order valence-corrected chi connectivity index (χ3v) is 9.66. The van der Waals surface area contributed by atoms with E-state index in [9.17, 15) is 0 Å². The maximum atomic E-state index is 6.34. The van der Waals surface area contributed by atoms with E-state index in [1.165, 1.54) is 42.1 Å². The molecule has 9 rings (SSSR count). The quantitative estimate of drug-likeness (QED) is 0.210. The lowest BCUT2D eigenvalue weighted by Gasteiger charge is -2.26. The molecule has 0 bridgehead atoms. The highest BCUT2D eigenvalue weighted by Gasteiger charge is 2.18. The normalized spacial score (nSPS) is 11.7. The zero-order valence-electron chi connectivity index (χ0n) is 23.2. The van der Waals surface area contributed by atoms with Crippen molar-refractivity contribution in [3.05, 3.63) is 152 Å². The summed E-state index contributed by atoms with van der Waals surface area (Å²) >= 11 is 1.87. The smallest absolute Gasteiger partial charge is 0.137 e. The summed E-state index contributed by atoms with van der Waals surface area (Å²) in [5.74, 6) is 0. The largest absolute Gasteiger partial charge is 0.456 e.